The van der Waals surface area contributed by atoms with Gasteiger partial charge in [-0.25, -0.2) is 9.78 Å². The van der Waals surface area contributed by atoms with Crippen molar-refractivity contribution >= 4 is 68.9 Å². The number of oxime groups is 1. The molecule has 11 heteroatoms. The zero-order valence-electron chi connectivity index (χ0n) is 10.9. The van der Waals surface area contributed by atoms with Gasteiger partial charge >= 0.3 is 5.97 Å². The topological polar surface area (TPSA) is 89.9 Å². The van der Waals surface area contributed by atoms with E-state index in [9.17, 15) is 9.59 Å². The molecule has 116 valence electrons. The first-order valence-corrected chi connectivity index (χ1v) is 7.43. The number of ether oxygens (including phenoxy) is 1. The number of nitrogens with zero attached hydrogens (tertiary/aromatic N) is 2. The van der Waals surface area contributed by atoms with Crippen molar-refractivity contribution in [2.45, 2.75) is 10.7 Å². The molecule has 0 fully saturated rings. The van der Waals surface area contributed by atoms with Gasteiger partial charge in [0, 0.05) is 5.38 Å². The van der Waals surface area contributed by atoms with Gasteiger partial charge in [0.25, 0.3) is 9.70 Å². The van der Waals surface area contributed by atoms with Crippen molar-refractivity contribution in [3.63, 3.8) is 0 Å². The highest BCUT2D eigenvalue weighted by Crippen LogP contribution is 2.28. The molecule has 1 amide bonds. The molecule has 0 unspecified atom stereocenters. The summed E-state index contributed by atoms with van der Waals surface area (Å²) in [7, 11) is 1.27. The van der Waals surface area contributed by atoms with Crippen molar-refractivity contribution in [1.29, 1.82) is 0 Å². The van der Waals surface area contributed by atoms with E-state index in [1.165, 1.54) is 12.5 Å². The monoisotopic (exact) mass is 373 g/mol. The zero-order chi connectivity index (χ0) is 16.0. The molecule has 0 saturated heterocycles. The van der Waals surface area contributed by atoms with Crippen LogP contribution in [0.15, 0.2) is 10.5 Å². The molecular formula is C10H10Cl3N3O4S. The third-order valence-electron chi connectivity index (χ3n) is 1.88. The van der Waals surface area contributed by atoms with Crippen LogP contribution in [-0.2, 0) is 19.2 Å². The van der Waals surface area contributed by atoms with Gasteiger partial charge in [-0.05, 0) is 6.92 Å². The second-order valence-corrected chi connectivity index (χ2v) is 6.47. The molecule has 0 aromatic carbocycles. The van der Waals surface area contributed by atoms with Gasteiger partial charge in [0.2, 0.25) is 5.71 Å². The predicted molar refractivity (Wildman–Crippen MR) is 81.2 cm³/mol. The molecular weight excluding hydrogens is 365 g/mol. The summed E-state index contributed by atoms with van der Waals surface area (Å²) in [5.41, 5.74) is 0.0323. The number of aromatic nitrogens is 1. The zero-order valence-corrected chi connectivity index (χ0v) is 13.9. The van der Waals surface area contributed by atoms with Crippen molar-refractivity contribution in [1.82, 2.24) is 4.98 Å². The Hall–Kier alpha value is -1.09. The average Bonchev–Trinajstić information content (AvgIpc) is 2.83. The molecule has 0 saturated carbocycles. The van der Waals surface area contributed by atoms with Crippen molar-refractivity contribution in [2.24, 2.45) is 5.16 Å². The van der Waals surface area contributed by atoms with Crippen LogP contribution in [0.3, 0.4) is 0 Å². The first-order valence-electron chi connectivity index (χ1n) is 5.42. The number of anilines is 1. The smallest absolute Gasteiger partial charge is 0.362 e. The molecule has 7 nitrogen and oxygen atoms in total. The van der Waals surface area contributed by atoms with E-state index in [0.717, 1.165) is 11.3 Å². The minimum Gasteiger partial charge on any atom is -0.461 e. The Kier molecular flexibility index (Phi) is 6.66. The van der Waals surface area contributed by atoms with Crippen LogP contribution in [0.4, 0.5) is 5.13 Å². The lowest BCUT2D eigenvalue weighted by atomic mass is 10.3. The normalized spacial score (nSPS) is 12.0. The minimum absolute atomic E-state index is 0.134. The SMILES string of the molecule is CCOC(=O)C(=NOC)c1csc(NC(=O)C(Cl)(Cl)Cl)n1. The molecule has 1 aromatic rings. The van der Waals surface area contributed by atoms with Crippen LogP contribution in [0.25, 0.3) is 0 Å². The van der Waals surface area contributed by atoms with Crippen molar-refractivity contribution < 1.29 is 19.2 Å². The highest BCUT2D eigenvalue weighted by Gasteiger charge is 2.31. The van der Waals surface area contributed by atoms with E-state index in [1.54, 1.807) is 6.92 Å². The molecule has 0 bridgehead atoms. The Morgan fingerprint density at radius 1 is 1.48 bits per heavy atom. The molecule has 1 rings (SSSR count). The maximum absolute atomic E-state index is 11.7. The second-order valence-electron chi connectivity index (χ2n) is 3.33. The number of thiazole rings is 1. The Morgan fingerprint density at radius 2 is 2.14 bits per heavy atom. The van der Waals surface area contributed by atoms with E-state index >= 15 is 0 Å². The fraction of sp³-hybridized carbons (Fsp3) is 0.400. The molecule has 21 heavy (non-hydrogen) atoms. The van der Waals surface area contributed by atoms with Crippen LogP contribution >= 0.6 is 46.1 Å². The molecule has 0 aliphatic carbocycles. The average molecular weight is 375 g/mol. The summed E-state index contributed by atoms with van der Waals surface area (Å²) in [5, 5.41) is 7.45. The lowest BCUT2D eigenvalue weighted by molar-refractivity contribution is -0.135. The number of esters is 1. The molecule has 0 radical (unpaired) electrons. The first kappa shape index (κ1) is 18.0. The minimum atomic E-state index is -2.11. The van der Waals surface area contributed by atoms with Crippen LogP contribution in [0.5, 0.6) is 0 Å². The van der Waals surface area contributed by atoms with Crippen molar-refractivity contribution in [2.75, 3.05) is 19.0 Å². The quantitative estimate of drug-likeness (QED) is 0.370. The third kappa shape index (κ3) is 5.31. The van der Waals surface area contributed by atoms with Crippen molar-refractivity contribution in [3.05, 3.63) is 11.1 Å². The maximum Gasteiger partial charge on any atom is 0.362 e. The van der Waals surface area contributed by atoms with E-state index < -0.39 is 15.7 Å². The lowest BCUT2D eigenvalue weighted by Crippen LogP contribution is -2.27. The van der Waals surface area contributed by atoms with Gasteiger partial charge in [-0.15, -0.1) is 11.3 Å². The summed E-state index contributed by atoms with van der Waals surface area (Å²) in [6.07, 6.45) is 0. The summed E-state index contributed by atoms with van der Waals surface area (Å²) in [6, 6.07) is 0. The molecule has 0 aliphatic heterocycles. The first-order chi connectivity index (χ1) is 9.79. The Morgan fingerprint density at radius 3 is 2.67 bits per heavy atom. The van der Waals surface area contributed by atoms with Gasteiger partial charge in [0.1, 0.15) is 12.8 Å². The Bertz CT molecular complexity index is 556. The summed E-state index contributed by atoms with van der Waals surface area (Å²) in [5.74, 6) is -1.57. The highest BCUT2D eigenvalue weighted by molar-refractivity contribution is 7.14. The molecule has 1 N–H and O–H groups in total. The predicted octanol–water partition coefficient (Wildman–Crippen LogP) is 2.37. The van der Waals surface area contributed by atoms with Gasteiger partial charge in [0.05, 0.1) is 6.61 Å². The number of hydrogen-bond acceptors (Lipinski definition) is 7. The van der Waals surface area contributed by atoms with Gasteiger partial charge < -0.3 is 9.57 Å². The number of alkyl halides is 3. The Balaban J connectivity index is 2.92. The van der Waals surface area contributed by atoms with Crippen LogP contribution in [-0.4, -0.2) is 40.1 Å². The van der Waals surface area contributed by atoms with Gasteiger partial charge in [0.15, 0.2) is 5.13 Å². The largest absolute Gasteiger partial charge is 0.461 e. The summed E-state index contributed by atoms with van der Waals surface area (Å²) in [4.78, 5) is 31.8. The fourth-order valence-corrected chi connectivity index (χ4v) is 1.92. The molecule has 0 aliphatic rings. The molecule has 0 spiro atoms. The van der Waals surface area contributed by atoms with Crippen LogP contribution in [0.1, 0.15) is 12.6 Å². The van der Waals surface area contributed by atoms with Crippen molar-refractivity contribution in [3.8, 4) is 0 Å². The number of rotatable bonds is 5. The van der Waals surface area contributed by atoms with Crippen LogP contribution in [0, 0.1) is 0 Å². The number of carbonyl (C=O) groups excluding carboxylic acids is 2. The summed E-state index contributed by atoms with van der Waals surface area (Å²) in [6.45, 7) is 1.82. The summed E-state index contributed by atoms with van der Waals surface area (Å²) >= 11 is 17.3. The standard InChI is InChI=1S/C10H10Cl3N3O4S/c1-3-20-7(17)6(16-19-2)5-4-21-9(14-5)15-8(18)10(11,12)13/h4H,3H2,1-2H3,(H,14,15,18). The number of halogens is 3. The van der Waals surface area contributed by atoms with E-state index in [1.807, 2.05) is 0 Å². The number of hydrogen-bond donors (Lipinski definition) is 1. The van der Waals surface area contributed by atoms with Crippen LogP contribution in [0.2, 0.25) is 0 Å². The van der Waals surface area contributed by atoms with E-state index in [4.69, 9.17) is 39.5 Å². The number of amides is 1. The van der Waals surface area contributed by atoms with Crippen LogP contribution < -0.4 is 5.32 Å². The summed E-state index contributed by atoms with van der Waals surface area (Å²) < 4.78 is 2.71. The Labute approximate surface area is 139 Å². The van der Waals surface area contributed by atoms with Gasteiger partial charge in [-0.3, -0.25) is 10.1 Å². The molecule has 1 aromatic heterocycles. The third-order valence-corrected chi connectivity index (χ3v) is 3.15. The number of carbonyl (C=O) groups is 2. The van der Waals surface area contributed by atoms with E-state index in [-0.39, 0.29) is 23.1 Å². The van der Waals surface area contributed by atoms with E-state index in [2.05, 4.69) is 20.3 Å². The lowest BCUT2D eigenvalue weighted by Gasteiger charge is -2.08. The fourth-order valence-electron chi connectivity index (χ4n) is 1.09. The van der Waals surface area contributed by atoms with Gasteiger partial charge in [-0.2, -0.15) is 0 Å². The molecule has 0 atom stereocenters. The second kappa shape index (κ2) is 7.79. The number of nitrogens with one attached hydrogen (secondary N) is 1. The highest BCUT2D eigenvalue weighted by atomic mass is 35.6. The van der Waals surface area contributed by atoms with Gasteiger partial charge in [-0.1, -0.05) is 40.0 Å². The molecule has 1 heterocycles. The van der Waals surface area contributed by atoms with E-state index in [0.29, 0.717) is 0 Å². The maximum atomic E-state index is 11.7.